The Kier molecular flexibility index (Phi) is 6.56. The second-order valence-corrected chi connectivity index (χ2v) is 5.99. The molecule has 0 bridgehead atoms. The van der Waals surface area contributed by atoms with E-state index in [1.807, 2.05) is 30.5 Å². The molecule has 2 amide bonds. The third kappa shape index (κ3) is 5.06. The van der Waals surface area contributed by atoms with Gasteiger partial charge in [0, 0.05) is 42.8 Å². The van der Waals surface area contributed by atoms with Crippen molar-refractivity contribution in [3.63, 3.8) is 0 Å². The Bertz CT molecular complexity index is 925. The molecule has 0 radical (unpaired) electrons. The summed E-state index contributed by atoms with van der Waals surface area (Å²) in [7, 11) is 3.16. The van der Waals surface area contributed by atoms with Gasteiger partial charge in [-0.05, 0) is 30.2 Å². The van der Waals surface area contributed by atoms with Crippen LogP contribution in [0.3, 0.4) is 0 Å². The van der Waals surface area contributed by atoms with Gasteiger partial charge in [0.25, 0.3) is 0 Å². The number of nitrogens with one attached hydrogen (secondary N) is 3. The quantitative estimate of drug-likeness (QED) is 0.493. The maximum absolute atomic E-state index is 11.3. The van der Waals surface area contributed by atoms with Crippen molar-refractivity contribution in [2.75, 3.05) is 33.9 Å². The van der Waals surface area contributed by atoms with Gasteiger partial charge >= 0.3 is 6.03 Å². The molecule has 0 aliphatic rings. The summed E-state index contributed by atoms with van der Waals surface area (Å²) in [6.07, 6.45) is 2.68. The number of amides is 2. The number of benzene rings is 1. The summed E-state index contributed by atoms with van der Waals surface area (Å²) >= 11 is 0. The molecule has 0 unspecified atom stereocenters. The van der Waals surface area contributed by atoms with Crippen molar-refractivity contribution in [3.05, 3.63) is 48.2 Å². The molecule has 0 aliphatic heterocycles. The molecule has 0 fully saturated rings. The number of pyridine rings is 1. The Balaban J connectivity index is 1.53. The lowest BCUT2D eigenvalue weighted by molar-refractivity contribution is 0.210. The lowest BCUT2D eigenvalue weighted by Crippen LogP contribution is -2.33. The van der Waals surface area contributed by atoms with Crippen molar-refractivity contribution in [2.24, 2.45) is 0 Å². The molecule has 2 aromatic heterocycles. The first kappa shape index (κ1) is 19.3. The van der Waals surface area contributed by atoms with Crippen LogP contribution in [-0.4, -0.2) is 49.9 Å². The zero-order valence-electron chi connectivity index (χ0n) is 16.0. The number of ether oxygens (including phenoxy) is 3. The van der Waals surface area contributed by atoms with E-state index in [0.29, 0.717) is 31.5 Å². The normalized spacial score (nSPS) is 10.5. The predicted octanol–water partition coefficient (Wildman–Crippen LogP) is 2.50. The molecule has 8 nitrogen and oxygen atoms in total. The number of hydrogen-bond donors (Lipinski definition) is 3. The van der Waals surface area contributed by atoms with Gasteiger partial charge in [-0.15, -0.1) is 0 Å². The minimum atomic E-state index is -0.186. The van der Waals surface area contributed by atoms with Crippen molar-refractivity contribution in [1.29, 1.82) is 0 Å². The zero-order chi connectivity index (χ0) is 19.8. The van der Waals surface area contributed by atoms with E-state index in [-0.39, 0.29) is 6.03 Å². The van der Waals surface area contributed by atoms with Gasteiger partial charge < -0.3 is 29.8 Å². The average molecular weight is 384 g/mol. The van der Waals surface area contributed by atoms with Crippen molar-refractivity contribution in [2.45, 2.75) is 6.42 Å². The molecule has 148 valence electrons. The SMILES string of the molecule is CNC(=O)NCCc1c[nH]c2ccc(OCCOc3cccc(OC)n3)cc12. The number of aromatic nitrogens is 2. The average Bonchev–Trinajstić information content (AvgIpc) is 3.13. The van der Waals surface area contributed by atoms with E-state index in [1.165, 1.54) is 0 Å². The van der Waals surface area contributed by atoms with Crippen LogP contribution in [0.5, 0.6) is 17.5 Å². The first-order valence-corrected chi connectivity index (χ1v) is 9.02. The number of H-pyrrole nitrogens is 1. The van der Waals surface area contributed by atoms with Crippen LogP contribution in [0.2, 0.25) is 0 Å². The number of rotatable bonds is 9. The number of methoxy groups -OCH3 is 1. The molecule has 0 saturated heterocycles. The smallest absolute Gasteiger partial charge is 0.314 e. The third-order valence-electron chi connectivity index (χ3n) is 4.15. The summed E-state index contributed by atoms with van der Waals surface area (Å²) in [5, 5.41) is 6.40. The van der Waals surface area contributed by atoms with Crippen molar-refractivity contribution < 1.29 is 19.0 Å². The minimum absolute atomic E-state index is 0.186. The third-order valence-corrected chi connectivity index (χ3v) is 4.15. The summed E-state index contributed by atoms with van der Waals surface area (Å²) in [5.74, 6) is 1.76. The number of carbonyl (C=O) groups is 1. The number of nitrogens with zero attached hydrogens (tertiary/aromatic N) is 1. The molecule has 3 rings (SSSR count). The van der Waals surface area contributed by atoms with Crippen molar-refractivity contribution in [3.8, 4) is 17.5 Å². The number of aromatic amines is 1. The number of urea groups is 1. The fraction of sp³-hybridized carbons (Fsp3) is 0.300. The van der Waals surface area contributed by atoms with Gasteiger partial charge in [-0.2, -0.15) is 4.98 Å². The molecular weight excluding hydrogens is 360 g/mol. The molecular formula is C20H24N4O4. The first-order chi connectivity index (χ1) is 13.7. The van der Waals surface area contributed by atoms with Crippen LogP contribution in [0.25, 0.3) is 10.9 Å². The highest BCUT2D eigenvalue weighted by Crippen LogP contribution is 2.24. The summed E-state index contributed by atoms with van der Waals surface area (Å²) in [5.41, 5.74) is 2.15. The Morgan fingerprint density at radius 3 is 2.79 bits per heavy atom. The van der Waals surface area contributed by atoms with Gasteiger partial charge in [0.05, 0.1) is 7.11 Å². The van der Waals surface area contributed by atoms with Crippen molar-refractivity contribution in [1.82, 2.24) is 20.6 Å². The zero-order valence-corrected chi connectivity index (χ0v) is 16.0. The van der Waals surface area contributed by atoms with E-state index < -0.39 is 0 Å². The van der Waals surface area contributed by atoms with E-state index in [0.717, 1.165) is 28.6 Å². The lowest BCUT2D eigenvalue weighted by atomic mass is 10.1. The van der Waals surface area contributed by atoms with Gasteiger partial charge in [0.15, 0.2) is 0 Å². The Morgan fingerprint density at radius 2 is 1.96 bits per heavy atom. The van der Waals surface area contributed by atoms with E-state index in [2.05, 4.69) is 20.6 Å². The summed E-state index contributed by atoms with van der Waals surface area (Å²) in [4.78, 5) is 18.7. The van der Waals surface area contributed by atoms with E-state index in [9.17, 15) is 4.79 Å². The molecule has 0 spiro atoms. The minimum Gasteiger partial charge on any atom is -0.490 e. The van der Waals surface area contributed by atoms with Crippen LogP contribution in [0.4, 0.5) is 4.79 Å². The summed E-state index contributed by atoms with van der Waals surface area (Å²) in [6.45, 7) is 1.32. The van der Waals surface area contributed by atoms with E-state index in [4.69, 9.17) is 14.2 Å². The second kappa shape index (κ2) is 9.50. The van der Waals surface area contributed by atoms with Crippen LogP contribution in [0, 0.1) is 0 Å². The summed E-state index contributed by atoms with van der Waals surface area (Å²) in [6, 6.07) is 11.0. The van der Waals surface area contributed by atoms with Crippen molar-refractivity contribution >= 4 is 16.9 Å². The first-order valence-electron chi connectivity index (χ1n) is 9.02. The second-order valence-electron chi connectivity index (χ2n) is 5.99. The Morgan fingerprint density at radius 1 is 1.14 bits per heavy atom. The summed E-state index contributed by atoms with van der Waals surface area (Å²) < 4.78 is 16.5. The van der Waals surface area contributed by atoms with Gasteiger partial charge in [-0.25, -0.2) is 4.79 Å². The predicted molar refractivity (Wildman–Crippen MR) is 106 cm³/mol. The Labute approximate surface area is 163 Å². The van der Waals surface area contributed by atoms with Gasteiger partial charge in [0.1, 0.15) is 19.0 Å². The fourth-order valence-electron chi connectivity index (χ4n) is 2.75. The molecule has 3 aromatic rings. The highest BCUT2D eigenvalue weighted by Gasteiger charge is 2.06. The van der Waals surface area contributed by atoms with Crippen LogP contribution in [0.15, 0.2) is 42.6 Å². The van der Waals surface area contributed by atoms with Crippen LogP contribution in [-0.2, 0) is 6.42 Å². The number of hydrogen-bond acceptors (Lipinski definition) is 5. The van der Waals surface area contributed by atoms with Crippen LogP contribution in [0.1, 0.15) is 5.56 Å². The number of fused-ring (bicyclic) bond motifs is 1. The molecule has 1 aromatic carbocycles. The standard InChI is InChI=1S/C20H24N4O4/c1-21-20(25)22-9-8-14-13-23-17-7-6-15(12-16(14)17)27-10-11-28-19-5-3-4-18(24-19)26-2/h3-7,12-13,23H,8-11H2,1-2H3,(H2,21,22,25). The molecule has 0 atom stereocenters. The topological polar surface area (TPSA) is 97.5 Å². The van der Waals surface area contributed by atoms with Gasteiger partial charge in [0.2, 0.25) is 11.8 Å². The number of carbonyl (C=O) groups excluding carboxylic acids is 1. The molecule has 0 aliphatic carbocycles. The van der Waals surface area contributed by atoms with Gasteiger partial charge in [-0.1, -0.05) is 6.07 Å². The highest BCUT2D eigenvalue weighted by molar-refractivity contribution is 5.84. The highest BCUT2D eigenvalue weighted by atomic mass is 16.5. The molecule has 2 heterocycles. The molecule has 0 saturated carbocycles. The fourth-order valence-corrected chi connectivity index (χ4v) is 2.75. The van der Waals surface area contributed by atoms with Crippen LogP contribution < -0.4 is 24.8 Å². The van der Waals surface area contributed by atoms with E-state index >= 15 is 0 Å². The largest absolute Gasteiger partial charge is 0.490 e. The molecule has 28 heavy (non-hydrogen) atoms. The van der Waals surface area contributed by atoms with E-state index in [1.54, 1.807) is 26.3 Å². The molecule has 3 N–H and O–H groups in total. The Hall–Kier alpha value is -3.42. The maximum Gasteiger partial charge on any atom is 0.314 e. The van der Waals surface area contributed by atoms with Gasteiger partial charge in [-0.3, -0.25) is 0 Å². The maximum atomic E-state index is 11.3. The van der Waals surface area contributed by atoms with Crippen LogP contribution >= 0.6 is 0 Å². The molecule has 8 heteroatoms. The monoisotopic (exact) mass is 384 g/mol. The lowest BCUT2D eigenvalue weighted by Gasteiger charge is -2.09.